The fourth-order valence-corrected chi connectivity index (χ4v) is 1.85. The first-order chi connectivity index (χ1) is 10.2. The molecule has 3 rings (SSSR count). The van der Waals surface area contributed by atoms with E-state index in [9.17, 15) is 4.79 Å². The predicted octanol–water partition coefficient (Wildman–Crippen LogP) is 0.485. The lowest BCUT2D eigenvalue weighted by Crippen LogP contribution is -2.18. The number of nitrogens with zero attached hydrogens (tertiary/aromatic N) is 2. The SMILES string of the molecule is NC(=NO)c1cn[nH]c1NC(=O)c1ccc2c(c1)OCO2. The first-order valence-corrected chi connectivity index (χ1v) is 5.91. The highest BCUT2D eigenvalue weighted by Crippen LogP contribution is 2.32. The number of oxime groups is 1. The van der Waals surface area contributed by atoms with Crippen LogP contribution in [-0.2, 0) is 0 Å². The van der Waals surface area contributed by atoms with Gasteiger partial charge in [0.25, 0.3) is 5.91 Å². The Morgan fingerprint density at radius 2 is 2.24 bits per heavy atom. The van der Waals surface area contributed by atoms with Crippen LogP contribution in [0.15, 0.2) is 29.6 Å². The highest BCUT2D eigenvalue weighted by atomic mass is 16.7. The van der Waals surface area contributed by atoms with Gasteiger partial charge in [-0.05, 0) is 18.2 Å². The Hall–Kier alpha value is -3.23. The second-order valence-electron chi connectivity index (χ2n) is 4.17. The van der Waals surface area contributed by atoms with Gasteiger partial charge in [0.1, 0.15) is 5.82 Å². The number of anilines is 1. The summed E-state index contributed by atoms with van der Waals surface area (Å²) in [6.07, 6.45) is 1.34. The van der Waals surface area contributed by atoms with Crippen LogP contribution < -0.4 is 20.5 Å². The second-order valence-corrected chi connectivity index (χ2v) is 4.17. The predicted molar refractivity (Wildman–Crippen MR) is 71.6 cm³/mol. The monoisotopic (exact) mass is 289 g/mol. The van der Waals surface area contributed by atoms with Crippen LogP contribution in [0.3, 0.4) is 0 Å². The minimum Gasteiger partial charge on any atom is -0.454 e. The van der Waals surface area contributed by atoms with Gasteiger partial charge in [-0.15, -0.1) is 0 Å². The number of carbonyl (C=O) groups excluding carboxylic acids is 1. The van der Waals surface area contributed by atoms with Gasteiger partial charge in [0.05, 0.1) is 11.8 Å². The van der Waals surface area contributed by atoms with Gasteiger partial charge in [-0.1, -0.05) is 5.16 Å². The third-order valence-corrected chi connectivity index (χ3v) is 2.90. The van der Waals surface area contributed by atoms with Gasteiger partial charge < -0.3 is 25.7 Å². The van der Waals surface area contributed by atoms with Gasteiger partial charge >= 0.3 is 0 Å². The van der Waals surface area contributed by atoms with Crippen molar-refractivity contribution in [3.05, 3.63) is 35.5 Å². The molecule has 0 saturated heterocycles. The summed E-state index contributed by atoms with van der Waals surface area (Å²) in [4.78, 5) is 12.2. The molecule has 5 N–H and O–H groups in total. The van der Waals surface area contributed by atoms with Crippen molar-refractivity contribution in [1.29, 1.82) is 0 Å². The van der Waals surface area contributed by atoms with Crippen LogP contribution in [0.1, 0.15) is 15.9 Å². The summed E-state index contributed by atoms with van der Waals surface area (Å²) < 4.78 is 10.4. The number of nitrogens with two attached hydrogens (primary N) is 1. The van der Waals surface area contributed by atoms with E-state index < -0.39 is 5.91 Å². The summed E-state index contributed by atoms with van der Waals surface area (Å²) in [5.41, 5.74) is 6.14. The van der Waals surface area contributed by atoms with Crippen LogP contribution in [0.4, 0.5) is 5.82 Å². The molecule has 1 aliphatic rings. The number of amidine groups is 1. The van der Waals surface area contributed by atoms with Crippen molar-refractivity contribution in [3.8, 4) is 11.5 Å². The molecular weight excluding hydrogens is 278 g/mol. The standard InChI is InChI=1S/C12H11N5O4/c13-10(17-19)7-4-14-16-11(7)15-12(18)6-1-2-8-9(3-6)21-5-20-8/h1-4,19H,5H2,(H2,13,17)(H2,14,15,16,18). The molecule has 0 atom stereocenters. The number of carbonyl (C=O) groups is 1. The number of fused-ring (bicyclic) bond motifs is 1. The summed E-state index contributed by atoms with van der Waals surface area (Å²) in [6.45, 7) is 0.134. The van der Waals surface area contributed by atoms with Gasteiger partial charge in [0.2, 0.25) is 6.79 Å². The topological polar surface area (TPSA) is 135 Å². The van der Waals surface area contributed by atoms with Gasteiger partial charge in [-0.2, -0.15) is 5.10 Å². The number of hydrogen-bond acceptors (Lipinski definition) is 6. The number of nitrogens with one attached hydrogen (secondary N) is 2. The highest BCUT2D eigenvalue weighted by Gasteiger charge is 2.18. The Bertz CT molecular complexity index is 724. The van der Waals surface area contributed by atoms with E-state index in [1.807, 2.05) is 0 Å². The Morgan fingerprint density at radius 1 is 1.43 bits per heavy atom. The fraction of sp³-hybridized carbons (Fsp3) is 0.0833. The van der Waals surface area contributed by atoms with E-state index in [2.05, 4.69) is 20.7 Å². The average Bonchev–Trinajstić information content (AvgIpc) is 3.14. The molecule has 0 bridgehead atoms. The van der Waals surface area contributed by atoms with Crippen LogP contribution in [-0.4, -0.2) is 33.9 Å². The minimum absolute atomic E-state index is 0.134. The molecule has 9 nitrogen and oxygen atoms in total. The first kappa shape index (κ1) is 12.8. The van der Waals surface area contributed by atoms with Crippen LogP contribution in [0, 0.1) is 0 Å². The summed E-state index contributed by atoms with van der Waals surface area (Å²) in [7, 11) is 0. The maximum atomic E-state index is 12.2. The van der Waals surface area contributed by atoms with E-state index in [4.69, 9.17) is 20.4 Å². The number of H-pyrrole nitrogens is 1. The van der Waals surface area contributed by atoms with Crippen LogP contribution in [0.5, 0.6) is 11.5 Å². The molecule has 2 aromatic rings. The Morgan fingerprint density at radius 3 is 3.05 bits per heavy atom. The minimum atomic E-state index is -0.399. The number of rotatable bonds is 3. The lowest BCUT2D eigenvalue weighted by molar-refractivity contribution is 0.102. The van der Waals surface area contributed by atoms with E-state index in [1.54, 1.807) is 18.2 Å². The second kappa shape index (κ2) is 5.04. The molecule has 0 spiro atoms. The van der Waals surface area contributed by atoms with Crippen molar-refractivity contribution in [2.75, 3.05) is 12.1 Å². The van der Waals surface area contributed by atoms with Gasteiger partial charge in [0, 0.05) is 5.56 Å². The average molecular weight is 289 g/mol. The number of ether oxygens (including phenoxy) is 2. The third-order valence-electron chi connectivity index (χ3n) is 2.90. The molecule has 0 saturated carbocycles. The van der Waals surface area contributed by atoms with Crippen molar-refractivity contribution in [2.24, 2.45) is 10.9 Å². The molecule has 108 valence electrons. The van der Waals surface area contributed by atoms with Crippen molar-refractivity contribution in [2.45, 2.75) is 0 Å². The Balaban J connectivity index is 1.82. The van der Waals surface area contributed by atoms with E-state index in [0.29, 0.717) is 17.1 Å². The molecule has 0 unspecified atom stereocenters. The molecule has 1 aromatic carbocycles. The van der Waals surface area contributed by atoms with E-state index >= 15 is 0 Å². The normalized spacial score (nSPS) is 13.2. The molecular formula is C12H11N5O4. The molecule has 0 fully saturated rings. The molecule has 0 radical (unpaired) electrons. The zero-order valence-electron chi connectivity index (χ0n) is 10.7. The van der Waals surface area contributed by atoms with Crippen molar-refractivity contribution >= 4 is 17.6 Å². The molecule has 0 aliphatic carbocycles. The van der Waals surface area contributed by atoms with Crippen LogP contribution in [0.2, 0.25) is 0 Å². The molecule has 1 aromatic heterocycles. The summed E-state index contributed by atoms with van der Waals surface area (Å²) >= 11 is 0. The molecule has 1 amide bonds. The van der Waals surface area contributed by atoms with Gasteiger partial charge in [-0.3, -0.25) is 9.89 Å². The van der Waals surface area contributed by atoms with E-state index in [-0.39, 0.29) is 24.0 Å². The van der Waals surface area contributed by atoms with Gasteiger partial charge in [0.15, 0.2) is 17.3 Å². The van der Waals surface area contributed by atoms with Gasteiger partial charge in [-0.25, -0.2) is 0 Å². The maximum Gasteiger partial charge on any atom is 0.256 e. The quantitative estimate of drug-likeness (QED) is 0.281. The fourth-order valence-electron chi connectivity index (χ4n) is 1.85. The third kappa shape index (κ3) is 2.31. The zero-order chi connectivity index (χ0) is 14.8. The number of benzene rings is 1. The van der Waals surface area contributed by atoms with Crippen molar-refractivity contribution in [3.63, 3.8) is 0 Å². The Kier molecular flexibility index (Phi) is 3.07. The number of aromatic amines is 1. The van der Waals surface area contributed by atoms with E-state index in [1.165, 1.54) is 6.20 Å². The molecule has 9 heteroatoms. The van der Waals surface area contributed by atoms with Crippen molar-refractivity contribution < 1.29 is 19.5 Å². The molecule has 2 heterocycles. The zero-order valence-corrected chi connectivity index (χ0v) is 10.7. The van der Waals surface area contributed by atoms with Crippen molar-refractivity contribution in [1.82, 2.24) is 10.2 Å². The lowest BCUT2D eigenvalue weighted by Gasteiger charge is -2.05. The maximum absolute atomic E-state index is 12.2. The summed E-state index contributed by atoms with van der Waals surface area (Å²) in [6, 6.07) is 4.81. The largest absolute Gasteiger partial charge is 0.454 e. The number of amides is 1. The number of aromatic nitrogens is 2. The van der Waals surface area contributed by atoms with Crippen LogP contribution >= 0.6 is 0 Å². The smallest absolute Gasteiger partial charge is 0.256 e. The lowest BCUT2D eigenvalue weighted by atomic mass is 10.2. The molecule has 21 heavy (non-hydrogen) atoms. The highest BCUT2D eigenvalue weighted by molar-refractivity contribution is 6.09. The number of hydrogen-bond donors (Lipinski definition) is 4. The summed E-state index contributed by atoms with van der Waals surface area (Å²) in [5, 5.41) is 20.4. The van der Waals surface area contributed by atoms with E-state index in [0.717, 1.165) is 0 Å². The molecule has 1 aliphatic heterocycles. The Labute approximate surface area is 118 Å². The summed E-state index contributed by atoms with van der Waals surface area (Å²) in [5.74, 6) is 0.761. The first-order valence-electron chi connectivity index (χ1n) is 5.91. The van der Waals surface area contributed by atoms with Crippen LogP contribution in [0.25, 0.3) is 0 Å².